The summed E-state index contributed by atoms with van der Waals surface area (Å²) < 4.78 is 1.36. The lowest BCUT2D eigenvalue weighted by atomic mass is 9.99. The van der Waals surface area contributed by atoms with Crippen molar-refractivity contribution in [2.75, 3.05) is 26.2 Å². The molecule has 1 aromatic carbocycles. The maximum absolute atomic E-state index is 3.46. The molecule has 1 aliphatic heterocycles. The van der Waals surface area contributed by atoms with Crippen molar-refractivity contribution in [1.82, 2.24) is 10.2 Å². The summed E-state index contributed by atoms with van der Waals surface area (Å²) in [5.74, 6) is 0.989. The first kappa shape index (κ1) is 18.5. The molecule has 1 atom stereocenters. The van der Waals surface area contributed by atoms with Crippen LogP contribution in [0.2, 0.25) is 0 Å². The van der Waals surface area contributed by atoms with Crippen LogP contribution in [-0.2, 0) is 0 Å². The Morgan fingerprint density at radius 2 is 1.90 bits per heavy atom. The first-order valence-electron chi connectivity index (χ1n) is 7.03. The molecular weight excluding hydrogens is 406 g/mol. The predicted octanol–water partition coefficient (Wildman–Crippen LogP) is 3.88. The molecule has 0 unspecified atom stereocenters. The molecular formula is C15H23Cl2IN2. The smallest absolute Gasteiger partial charge is 0.0352 e. The van der Waals surface area contributed by atoms with Gasteiger partial charge in [-0.1, -0.05) is 25.0 Å². The Morgan fingerprint density at radius 3 is 2.50 bits per heavy atom. The van der Waals surface area contributed by atoms with Crippen LogP contribution in [-0.4, -0.2) is 31.1 Å². The van der Waals surface area contributed by atoms with Crippen molar-refractivity contribution in [3.8, 4) is 0 Å². The molecule has 0 aromatic heterocycles. The van der Waals surface area contributed by atoms with Gasteiger partial charge in [0.2, 0.25) is 0 Å². The topological polar surface area (TPSA) is 15.3 Å². The fourth-order valence-corrected chi connectivity index (χ4v) is 3.44. The fraction of sp³-hybridized carbons (Fsp3) is 0.600. The van der Waals surface area contributed by atoms with E-state index in [1.165, 1.54) is 41.5 Å². The zero-order chi connectivity index (χ0) is 12.4. The number of hydrogen-bond acceptors (Lipinski definition) is 2. The average molecular weight is 429 g/mol. The van der Waals surface area contributed by atoms with Crippen molar-refractivity contribution in [3.63, 3.8) is 0 Å². The Labute approximate surface area is 148 Å². The summed E-state index contributed by atoms with van der Waals surface area (Å²) in [5.41, 5.74) is 1.52. The van der Waals surface area contributed by atoms with E-state index >= 15 is 0 Å². The molecule has 0 amide bonds. The summed E-state index contributed by atoms with van der Waals surface area (Å²) in [5, 5.41) is 3.46. The first-order valence-corrected chi connectivity index (χ1v) is 8.11. The third-order valence-corrected chi connectivity index (χ3v) is 4.75. The summed E-state index contributed by atoms with van der Waals surface area (Å²) >= 11 is 2.43. The van der Waals surface area contributed by atoms with Gasteiger partial charge >= 0.3 is 0 Å². The lowest BCUT2D eigenvalue weighted by Gasteiger charge is -2.35. The van der Waals surface area contributed by atoms with Crippen molar-refractivity contribution in [2.24, 2.45) is 5.92 Å². The Bertz CT molecular complexity index is 407. The van der Waals surface area contributed by atoms with Crippen LogP contribution in [0, 0.1) is 9.49 Å². The maximum Gasteiger partial charge on any atom is 0.0352 e. The van der Waals surface area contributed by atoms with E-state index in [1.54, 1.807) is 0 Å². The molecule has 1 aliphatic carbocycles. The Kier molecular flexibility index (Phi) is 8.13. The van der Waals surface area contributed by atoms with Gasteiger partial charge in [-0.05, 0) is 52.6 Å². The van der Waals surface area contributed by atoms with Crippen molar-refractivity contribution in [3.05, 3.63) is 33.4 Å². The number of nitrogens with one attached hydrogen (secondary N) is 1. The highest BCUT2D eigenvalue weighted by atomic mass is 127. The van der Waals surface area contributed by atoms with Crippen LogP contribution in [0.25, 0.3) is 0 Å². The highest BCUT2D eigenvalue weighted by Crippen LogP contribution is 2.40. The van der Waals surface area contributed by atoms with Gasteiger partial charge in [0.25, 0.3) is 0 Å². The molecule has 0 bridgehead atoms. The van der Waals surface area contributed by atoms with Crippen molar-refractivity contribution in [1.29, 1.82) is 0 Å². The van der Waals surface area contributed by atoms with Gasteiger partial charge in [-0.15, -0.1) is 24.8 Å². The number of nitrogens with zero attached hydrogens (tertiary/aromatic N) is 1. The SMILES string of the molecule is Cl.Cl.Ic1cccc([C@H](CC2CC2)N2CCNCC2)c1. The van der Waals surface area contributed by atoms with Crippen LogP contribution < -0.4 is 5.32 Å². The van der Waals surface area contributed by atoms with Crippen LogP contribution in [0.4, 0.5) is 0 Å². The summed E-state index contributed by atoms with van der Waals surface area (Å²) in [6, 6.07) is 9.73. The van der Waals surface area contributed by atoms with Crippen LogP contribution in [0.3, 0.4) is 0 Å². The van der Waals surface area contributed by atoms with Crippen LogP contribution in [0.1, 0.15) is 30.9 Å². The number of piperazine rings is 1. The van der Waals surface area contributed by atoms with E-state index in [9.17, 15) is 0 Å². The second kappa shape index (κ2) is 8.79. The number of halogens is 3. The number of rotatable bonds is 4. The molecule has 5 heteroatoms. The molecule has 1 saturated carbocycles. The van der Waals surface area contributed by atoms with Gasteiger partial charge in [-0.3, -0.25) is 4.90 Å². The van der Waals surface area contributed by atoms with E-state index in [4.69, 9.17) is 0 Å². The quantitative estimate of drug-likeness (QED) is 0.732. The monoisotopic (exact) mass is 428 g/mol. The Hall–Kier alpha value is 0.450. The Morgan fingerprint density at radius 1 is 1.20 bits per heavy atom. The van der Waals surface area contributed by atoms with Gasteiger partial charge in [-0.25, -0.2) is 0 Å². The molecule has 20 heavy (non-hydrogen) atoms. The third kappa shape index (κ3) is 5.02. The van der Waals surface area contributed by atoms with Gasteiger partial charge in [0, 0.05) is 35.8 Å². The standard InChI is InChI=1S/C15H21IN2.2ClH/c16-14-3-1-2-13(11-14)15(10-12-4-5-12)18-8-6-17-7-9-18;;/h1-3,11-12,15,17H,4-10H2;2*1H/t15-;;/m0../s1. The van der Waals surface area contributed by atoms with E-state index in [0.29, 0.717) is 6.04 Å². The number of benzene rings is 1. The van der Waals surface area contributed by atoms with Crippen molar-refractivity contribution in [2.45, 2.75) is 25.3 Å². The Balaban J connectivity index is 0.000001000. The van der Waals surface area contributed by atoms with E-state index in [0.717, 1.165) is 19.0 Å². The van der Waals surface area contributed by atoms with Gasteiger partial charge in [-0.2, -0.15) is 0 Å². The molecule has 2 fully saturated rings. The van der Waals surface area contributed by atoms with Crippen molar-refractivity contribution >= 4 is 47.4 Å². The molecule has 0 radical (unpaired) electrons. The normalized spacial score (nSPS) is 20.6. The second-order valence-corrected chi connectivity index (χ2v) is 6.78. The molecule has 1 saturated heterocycles. The summed E-state index contributed by atoms with van der Waals surface area (Å²) in [6.07, 6.45) is 4.26. The minimum Gasteiger partial charge on any atom is -0.314 e. The van der Waals surface area contributed by atoms with Crippen molar-refractivity contribution < 1.29 is 0 Å². The predicted molar refractivity (Wildman–Crippen MR) is 98.2 cm³/mol. The lowest BCUT2D eigenvalue weighted by Crippen LogP contribution is -2.45. The second-order valence-electron chi connectivity index (χ2n) is 5.54. The van der Waals surface area contributed by atoms with E-state index in [-0.39, 0.29) is 24.8 Å². The summed E-state index contributed by atoms with van der Waals surface area (Å²) in [7, 11) is 0. The lowest BCUT2D eigenvalue weighted by molar-refractivity contribution is 0.160. The van der Waals surface area contributed by atoms with Gasteiger partial charge in [0.05, 0.1) is 0 Å². The number of hydrogen-bond donors (Lipinski definition) is 1. The van der Waals surface area contributed by atoms with Crippen LogP contribution in [0.5, 0.6) is 0 Å². The third-order valence-electron chi connectivity index (χ3n) is 4.08. The molecule has 0 spiro atoms. The molecule has 1 N–H and O–H groups in total. The zero-order valence-electron chi connectivity index (χ0n) is 11.6. The summed E-state index contributed by atoms with van der Waals surface area (Å²) in [6.45, 7) is 4.68. The van der Waals surface area contributed by atoms with Crippen LogP contribution in [0.15, 0.2) is 24.3 Å². The highest BCUT2D eigenvalue weighted by molar-refractivity contribution is 14.1. The molecule has 2 nitrogen and oxygen atoms in total. The van der Waals surface area contributed by atoms with Gasteiger partial charge < -0.3 is 5.32 Å². The first-order chi connectivity index (χ1) is 8.83. The van der Waals surface area contributed by atoms with E-state index in [2.05, 4.69) is 57.1 Å². The molecule has 2 aliphatic rings. The fourth-order valence-electron chi connectivity index (χ4n) is 2.87. The molecule has 1 heterocycles. The van der Waals surface area contributed by atoms with E-state index < -0.39 is 0 Å². The largest absolute Gasteiger partial charge is 0.314 e. The summed E-state index contributed by atoms with van der Waals surface area (Å²) in [4.78, 5) is 2.68. The molecule has 1 aromatic rings. The minimum absolute atomic E-state index is 0. The van der Waals surface area contributed by atoms with Gasteiger partial charge in [0.15, 0.2) is 0 Å². The van der Waals surface area contributed by atoms with Gasteiger partial charge in [0.1, 0.15) is 0 Å². The molecule has 114 valence electrons. The highest BCUT2D eigenvalue weighted by Gasteiger charge is 2.30. The van der Waals surface area contributed by atoms with E-state index in [1.807, 2.05) is 0 Å². The minimum atomic E-state index is 0. The maximum atomic E-state index is 3.46. The van der Waals surface area contributed by atoms with Crippen LogP contribution >= 0.6 is 47.4 Å². The zero-order valence-corrected chi connectivity index (χ0v) is 15.3. The molecule has 3 rings (SSSR count). The average Bonchev–Trinajstić information content (AvgIpc) is 3.21.